The van der Waals surface area contributed by atoms with Gasteiger partial charge in [-0.25, -0.2) is 4.98 Å². The summed E-state index contributed by atoms with van der Waals surface area (Å²) in [7, 11) is 0. The summed E-state index contributed by atoms with van der Waals surface area (Å²) in [5.41, 5.74) is 4.70. The molecule has 0 bridgehead atoms. The van der Waals surface area contributed by atoms with Crippen LogP contribution in [-0.2, 0) is 4.79 Å². The molecule has 1 N–H and O–H groups in total. The van der Waals surface area contributed by atoms with Gasteiger partial charge >= 0.3 is 0 Å². The number of hydrogen-bond donors (Lipinski definition) is 1. The molecule has 0 spiro atoms. The number of hydrogen-bond acceptors (Lipinski definition) is 2. The summed E-state index contributed by atoms with van der Waals surface area (Å²) in [6.07, 6.45) is 21.0. The standard InChI is InChI=1S/C26H35N3O/c1-4-5-6-18-15-19-20-7-8-23(29-14-13-27-17-29)26(20,3)10-9-21(19)25(2)11-12-28-24(30)16-22(18)25/h7-8,13-14,16-19,21H,4-6,9-12,15H2,1-3H3,(H,28,30). The molecule has 4 heteroatoms. The number of nitrogens with zero attached hydrogens (tertiary/aromatic N) is 2. The summed E-state index contributed by atoms with van der Waals surface area (Å²) < 4.78 is 2.21. The van der Waals surface area contributed by atoms with Crippen LogP contribution in [0.4, 0.5) is 0 Å². The van der Waals surface area contributed by atoms with Crippen molar-refractivity contribution in [3.05, 3.63) is 48.1 Å². The molecule has 5 unspecified atom stereocenters. The van der Waals surface area contributed by atoms with Crippen molar-refractivity contribution >= 4 is 11.6 Å². The van der Waals surface area contributed by atoms with Crippen LogP contribution in [0.5, 0.6) is 0 Å². The molecule has 1 aromatic rings. The molecule has 0 saturated heterocycles. The Morgan fingerprint density at radius 3 is 2.87 bits per heavy atom. The zero-order valence-electron chi connectivity index (χ0n) is 18.7. The highest BCUT2D eigenvalue weighted by Crippen LogP contribution is 2.65. The lowest BCUT2D eigenvalue weighted by Crippen LogP contribution is -2.48. The van der Waals surface area contributed by atoms with Crippen LogP contribution in [0.25, 0.3) is 5.70 Å². The Morgan fingerprint density at radius 2 is 2.10 bits per heavy atom. The monoisotopic (exact) mass is 405 g/mol. The molecule has 4 nitrogen and oxygen atoms in total. The second kappa shape index (κ2) is 7.25. The van der Waals surface area contributed by atoms with E-state index in [4.69, 9.17) is 0 Å². The van der Waals surface area contributed by atoms with Crippen LogP contribution < -0.4 is 5.32 Å². The topological polar surface area (TPSA) is 46.9 Å². The molecule has 1 aliphatic heterocycles. The van der Waals surface area contributed by atoms with E-state index in [9.17, 15) is 4.79 Å². The van der Waals surface area contributed by atoms with Gasteiger partial charge in [-0.2, -0.15) is 0 Å². The Bertz CT molecular complexity index is 924. The summed E-state index contributed by atoms with van der Waals surface area (Å²) in [4.78, 5) is 16.7. The Morgan fingerprint density at radius 1 is 1.23 bits per heavy atom. The normalized spacial score (nSPS) is 37.8. The third-order valence-electron chi connectivity index (χ3n) is 8.84. The number of nitrogens with one attached hydrogen (secondary N) is 1. The molecular weight excluding hydrogens is 370 g/mol. The highest BCUT2D eigenvalue weighted by molar-refractivity contribution is 5.89. The van der Waals surface area contributed by atoms with Gasteiger partial charge in [-0.15, -0.1) is 0 Å². The van der Waals surface area contributed by atoms with E-state index in [1.54, 1.807) is 5.57 Å². The predicted molar refractivity (Wildman–Crippen MR) is 120 cm³/mol. The molecule has 0 aromatic carbocycles. The van der Waals surface area contributed by atoms with Crippen LogP contribution in [-0.4, -0.2) is 22.0 Å². The lowest BCUT2D eigenvalue weighted by Gasteiger charge is -2.57. The van der Waals surface area contributed by atoms with Crippen LogP contribution in [0.15, 0.2) is 48.1 Å². The molecule has 2 fully saturated rings. The smallest absolute Gasteiger partial charge is 0.243 e. The van der Waals surface area contributed by atoms with E-state index < -0.39 is 0 Å². The quantitative estimate of drug-likeness (QED) is 0.733. The maximum atomic E-state index is 12.5. The molecule has 5 atom stereocenters. The number of unbranched alkanes of at least 4 members (excludes halogenated alkanes) is 1. The minimum absolute atomic E-state index is 0.105. The Hall–Kier alpha value is -2.10. The van der Waals surface area contributed by atoms with Gasteiger partial charge in [-0.1, -0.05) is 50.8 Å². The highest BCUT2D eigenvalue weighted by atomic mass is 16.1. The summed E-state index contributed by atoms with van der Waals surface area (Å²) in [5, 5.41) is 3.13. The average molecular weight is 406 g/mol. The molecule has 160 valence electrons. The third kappa shape index (κ3) is 2.86. The van der Waals surface area contributed by atoms with Gasteiger partial charge in [0, 0.05) is 36.1 Å². The first-order chi connectivity index (χ1) is 14.5. The van der Waals surface area contributed by atoms with Gasteiger partial charge in [0.15, 0.2) is 0 Å². The molecule has 0 radical (unpaired) electrons. The number of aromatic nitrogens is 2. The zero-order chi connectivity index (χ0) is 20.9. The van der Waals surface area contributed by atoms with Crippen molar-refractivity contribution in [1.82, 2.24) is 14.9 Å². The third-order valence-corrected chi connectivity index (χ3v) is 8.84. The van der Waals surface area contributed by atoms with E-state index in [0.29, 0.717) is 17.8 Å². The molecule has 1 aromatic heterocycles. The van der Waals surface area contributed by atoms with E-state index in [1.165, 1.54) is 49.8 Å². The number of rotatable bonds is 4. The second-order valence-electron chi connectivity index (χ2n) is 10.4. The van der Waals surface area contributed by atoms with Crippen LogP contribution in [0.3, 0.4) is 0 Å². The van der Waals surface area contributed by atoms with Gasteiger partial charge in [0.05, 0.1) is 6.33 Å². The van der Waals surface area contributed by atoms with Gasteiger partial charge in [0.2, 0.25) is 5.91 Å². The van der Waals surface area contributed by atoms with Crippen LogP contribution in [0.1, 0.15) is 65.7 Å². The molecule has 1 amide bonds. The van der Waals surface area contributed by atoms with Crippen molar-refractivity contribution in [2.24, 2.45) is 28.6 Å². The van der Waals surface area contributed by atoms with Crippen molar-refractivity contribution in [3.63, 3.8) is 0 Å². The minimum atomic E-state index is 0.105. The minimum Gasteiger partial charge on any atom is -0.353 e. The SMILES string of the molecule is CCCCC1CC2C3=CC=C(n4ccnc4)C3(C)CCC2C2(C)CCNC(=O)C=C12. The van der Waals surface area contributed by atoms with E-state index in [-0.39, 0.29) is 16.7 Å². The van der Waals surface area contributed by atoms with Gasteiger partial charge in [0.25, 0.3) is 0 Å². The Kier molecular flexibility index (Phi) is 4.79. The highest BCUT2D eigenvalue weighted by Gasteiger charge is 2.56. The number of carbonyl (C=O) groups excluding carboxylic acids is 1. The molecule has 4 aliphatic rings. The summed E-state index contributed by atoms with van der Waals surface area (Å²) in [6, 6.07) is 0. The first-order valence-corrected chi connectivity index (χ1v) is 11.9. The van der Waals surface area contributed by atoms with E-state index in [1.807, 2.05) is 18.6 Å². The van der Waals surface area contributed by atoms with Crippen molar-refractivity contribution in [2.45, 2.75) is 65.7 Å². The fraction of sp³-hybridized carbons (Fsp3) is 0.615. The summed E-state index contributed by atoms with van der Waals surface area (Å²) >= 11 is 0. The number of allylic oxidation sites excluding steroid dienone is 5. The summed E-state index contributed by atoms with van der Waals surface area (Å²) in [6.45, 7) is 7.99. The van der Waals surface area contributed by atoms with Crippen LogP contribution in [0, 0.1) is 28.6 Å². The van der Waals surface area contributed by atoms with E-state index >= 15 is 0 Å². The van der Waals surface area contributed by atoms with Crippen molar-refractivity contribution in [3.8, 4) is 0 Å². The Labute approximate surface area is 180 Å². The molecule has 2 saturated carbocycles. The average Bonchev–Trinajstić information content (AvgIpc) is 3.32. The number of amides is 1. The summed E-state index contributed by atoms with van der Waals surface area (Å²) in [5.74, 6) is 1.89. The van der Waals surface area contributed by atoms with Crippen molar-refractivity contribution < 1.29 is 4.79 Å². The Balaban J connectivity index is 1.53. The van der Waals surface area contributed by atoms with Gasteiger partial charge in [-0.3, -0.25) is 4.79 Å². The van der Waals surface area contributed by atoms with Gasteiger partial charge < -0.3 is 9.88 Å². The zero-order valence-corrected chi connectivity index (χ0v) is 18.7. The number of imidazole rings is 1. The van der Waals surface area contributed by atoms with Crippen molar-refractivity contribution in [1.29, 1.82) is 0 Å². The fourth-order valence-corrected chi connectivity index (χ4v) is 7.27. The molecular formula is C26H35N3O. The maximum Gasteiger partial charge on any atom is 0.243 e. The van der Waals surface area contributed by atoms with Gasteiger partial charge in [-0.05, 0) is 61.3 Å². The van der Waals surface area contributed by atoms with Gasteiger partial charge in [0.1, 0.15) is 0 Å². The second-order valence-corrected chi connectivity index (χ2v) is 10.4. The van der Waals surface area contributed by atoms with Crippen LogP contribution >= 0.6 is 0 Å². The molecule has 30 heavy (non-hydrogen) atoms. The number of carbonyl (C=O) groups is 1. The first-order valence-electron chi connectivity index (χ1n) is 11.9. The van der Waals surface area contributed by atoms with Crippen molar-refractivity contribution in [2.75, 3.05) is 6.54 Å². The molecule has 2 heterocycles. The number of fused-ring (bicyclic) bond motifs is 5. The lowest BCUT2D eigenvalue weighted by molar-refractivity contribution is -0.116. The lowest BCUT2D eigenvalue weighted by atomic mass is 9.47. The fourth-order valence-electron chi connectivity index (χ4n) is 7.27. The van der Waals surface area contributed by atoms with E-state index in [0.717, 1.165) is 13.0 Å². The first kappa shape index (κ1) is 19.8. The largest absolute Gasteiger partial charge is 0.353 e. The molecule has 5 rings (SSSR count). The van der Waals surface area contributed by atoms with E-state index in [2.05, 4.69) is 54.0 Å². The molecule has 3 aliphatic carbocycles. The predicted octanol–water partition coefficient (Wildman–Crippen LogP) is 5.36. The maximum absolute atomic E-state index is 12.5. The van der Waals surface area contributed by atoms with Crippen LogP contribution in [0.2, 0.25) is 0 Å².